The highest BCUT2D eigenvalue weighted by molar-refractivity contribution is 6.04. The Hall–Kier alpha value is -4.92. The number of hydrogen-bond donors (Lipinski definition) is 2. The van der Waals surface area contributed by atoms with Crippen LogP contribution in [-0.4, -0.2) is 36.6 Å². The van der Waals surface area contributed by atoms with Gasteiger partial charge in [0.2, 0.25) is 5.91 Å². The van der Waals surface area contributed by atoms with E-state index in [-0.39, 0.29) is 11.8 Å². The first-order valence-electron chi connectivity index (χ1n) is 10.5. The molecule has 2 N–H and O–H groups in total. The van der Waals surface area contributed by atoms with Gasteiger partial charge in [-0.15, -0.1) is 10.2 Å². The maximum atomic E-state index is 12.7. The minimum absolute atomic E-state index is 0.167. The van der Waals surface area contributed by atoms with E-state index >= 15 is 0 Å². The van der Waals surface area contributed by atoms with Gasteiger partial charge < -0.3 is 10.6 Å². The summed E-state index contributed by atoms with van der Waals surface area (Å²) in [7, 11) is 0. The number of nitrogens with zero attached hydrogens (tertiary/aromatic N) is 5. The van der Waals surface area contributed by atoms with Crippen LogP contribution < -0.4 is 10.6 Å². The van der Waals surface area contributed by atoms with E-state index < -0.39 is 0 Å². The Bertz CT molecular complexity index is 1500. The molecule has 5 aromatic rings. The van der Waals surface area contributed by atoms with E-state index in [4.69, 9.17) is 5.10 Å². The second-order valence-corrected chi connectivity index (χ2v) is 7.55. The average Bonchev–Trinajstić information content (AvgIpc) is 3.28. The van der Waals surface area contributed by atoms with E-state index in [0.717, 1.165) is 11.1 Å². The van der Waals surface area contributed by atoms with Crippen LogP contribution >= 0.6 is 0 Å². The topological polar surface area (TPSA) is 114 Å². The quantitative estimate of drug-likeness (QED) is 0.418. The van der Waals surface area contributed by atoms with Crippen LogP contribution in [0.5, 0.6) is 0 Å². The van der Waals surface area contributed by atoms with Crippen molar-refractivity contribution in [2.45, 2.75) is 6.92 Å². The van der Waals surface area contributed by atoms with E-state index in [0.29, 0.717) is 34.1 Å². The van der Waals surface area contributed by atoms with Gasteiger partial charge in [0.1, 0.15) is 0 Å². The number of fused-ring (bicyclic) bond motifs is 1. The second kappa shape index (κ2) is 8.91. The van der Waals surface area contributed by atoms with Gasteiger partial charge in [-0.05, 0) is 60.7 Å². The molecule has 2 amide bonds. The van der Waals surface area contributed by atoms with Crippen LogP contribution in [0.25, 0.3) is 28.3 Å². The lowest BCUT2D eigenvalue weighted by Crippen LogP contribution is -2.12. The monoisotopic (exact) mass is 449 g/mol. The number of hydrogen-bond acceptors (Lipinski definition) is 6. The molecule has 0 radical (unpaired) electrons. The highest BCUT2D eigenvalue weighted by Crippen LogP contribution is 2.23. The van der Waals surface area contributed by atoms with E-state index in [1.54, 1.807) is 41.2 Å². The summed E-state index contributed by atoms with van der Waals surface area (Å²) in [5, 5.41) is 18.7. The van der Waals surface area contributed by atoms with Crippen molar-refractivity contribution in [1.82, 2.24) is 24.8 Å². The molecule has 0 aliphatic rings. The standard InChI is InChI=1S/C25H19N7O2/c1-16(33)27-20-9-7-17(8-10-20)25(34)28-21-6-2-4-18(14-21)22-11-12-23-29-30-24(32(23)31-22)19-5-3-13-26-15-19/h2-15H,1H3,(H,27,33)(H,28,34). The van der Waals surface area contributed by atoms with Gasteiger partial charge in [-0.1, -0.05) is 12.1 Å². The predicted octanol–water partition coefficient (Wildman–Crippen LogP) is 4.06. The van der Waals surface area contributed by atoms with E-state index in [1.165, 1.54) is 6.92 Å². The molecular formula is C25H19N7O2. The third kappa shape index (κ3) is 4.35. The van der Waals surface area contributed by atoms with Gasteiger partial charge in [0.25, 0.3) is 5.91 Å². The van der Waals surface area contributed by atoms with Gasteiger partial charge in [0.15, 0.2) is 11.5 Å². The van der Waals surface area contributed by atoms with Gasteiger partial charge in [-0.2, -0.15) is 9.61 Å². The molecular weight excluding hydrogens is 430 g/mol. The largest absolute Gasteiger partial charge is 0.326 e. The molecule has 2 aromatic carbocycles. The summed E-state index contributed by atoms with van der Waals surface area (Å²) in [6.45, 7) is 1.43. The van der Waals surface area contributed by atoms with Crippen LogP contribution in [-0.2, 0) is 4.79 Å². The number of carbonyl (C=O) groups excluding carboxylic acids is 2. The van der Waals surface area contributed by atoms with Crippen LogP contribution in [0.1, 0.15) is 17.3 Å². The van der Waals surface area contributed by atoms with Gasteiger partial charge in [-0.3, -0.25) is 14.6 Å². The van der Waals surface area contributed by atoms with Gasteiger partial charge in [-0.25, -0.2) is 0 Å². The summed E-state index contributed by atoms with van der Waals surface area (Å²) in [5.74, 6) is 0.171. The van der Waals surface area contributed by atoms with Crippen molar-refractivity contribution in [3.63, 3.8) is 0 Å². The van der Waals surface area contributed by atoms with Crippen LogP contribution in [0.2, 0.25) is 0 Å². The molecule has 166 valence electrons. The number of rotatable bonds is 5. The molecule has 0 atom stereocenters. The van der Waals surface area contributed by atoms with Crippen LogP contribution in [0.4, 0.5) is 11.4 Å². The Morgan fingerprint density at radius 1 is 0.824 bits per heavy atom. The van der Waals surface area contributed by atoms with Gasteiger partial charge in [0, 0.05) is 47.4 Å². The number of benzene rings is 2. The molecule has 0 aliphatic heterocycles. The van der Waals surface area contributed by atoms with Crippen molar-refractivity contribution in [3.8, 4) is 22.6 Å². The zero-order valence-corrected chi connectivity index (χ0v) is 18.1. The van der Waals surface area contributed by atoms with Gasteiger partial charge >= 0.3 is 0 Å². The number of pyridine rings is 1. The van der Waals surface area contributed by atoms with Crippen molar-refractivity contribution in [1.29, 1.82) is 0 Å². The molecule has 0 fully saturated rings. The summed E-state index contributed by atoms with van der Waals surface area (Å²) >= 11 is 0. The smallest absolute Gasteiger partial charge is 0.255 e. The van der Waals surface area contributed by atoms with Crippen molar-refractivity contribution >= 4 is 28.8 Å². The molecule has 0 spiro atoms. The fourth-order valence-electron chi connectivity index (χ4n) is 3.49. The highest BCUT2D eigenvalue weighted by Gasteiger charge is 2.12. The highest BCUT2D eigenvalue weighted by atomic mass is 16.2. The summed E-state index contributed by atoms with van der Waals surface area (Å²) in [6, 6.07) is 21.6. The Kier molecular flexibility index (Phi) is 5.49. The maximum Gasteiger partial charge on any atom is 0.255 e. The number of carbonyl (C=O) groups is 2. The van der Waals surface area contributed by atoms with E-state index in [9.17, 15) is 9.59 Å². The molecule has 0 saturated carbocycles. The molecule has 0 aliphatic carbocycles. The lowest BCUT2D eigenvalue weighted by atomic mass is 10.1. The lowest BCUT2D eigenvalue weighted by Gasteiger charge is -2.09. The molecule has 9 nitrogen and oxygen atoms in total. The number of nitrogens with one attached hydrogen (secondary N) is 2. The average molecular weight is 449 g/mol. The fourth-order valence-corrected chi connectivity index (χ4v) is 3.49. The zero-order valence-electron chi connectivity index (χ0n) is 18.1. The van der Waals surface area contributed by atoms with Crippen LogP contribution in [0, 0.1) is 0 Å². The van der Waals surface area contributed by atoms with Crippen LogP contribution in [0.15, 0.2) is 85.2 Å². The third-order valence-electron chi connectivity index (χ3n) is 5.07. The van der Waals surface area contributed by atoms with Crippen LogP contribution in [0.3, 0.4) is 0 Å². The van der Waals surface area contributed by atoms with Crippen molar-refractivity contribution < 1.29 is 9.59 Å². The van der Waals surface area contributed by atoms with E-state index in [2.05, 4.69) is 25.8 Å². The van der Waals surface area contributed by atoms with Gasteiger partial charge in [0.05, 0.1) is 5.69 Å². The molecule has 0 unspecified atom stereocenters. The fraction of sp³-hybridized carbons (Fsp3) is 0.0400. The Morgan fingerprint density at radius 2 is 1.65 bits per heavy atom. The zero-order chi connectivity index (χ0) is 23.5. The molecule has 34 heavy (non-hydrogen) atoms. The maximum absolute atomic E-state index is 12.7. The second-order valence-electron chi connectivity index (χ2n) is 7.55. The summed E-state index contributed by atoms with van der Waals surface area (Å²) < 4.78 is 1.67. The van der Waals surface area contributed by atoms with E-state index in [1.807, 2.05) is 48.5 Å². The first-order chi connectivity index (χ1) is 16.6. The molecule has 3 heterocycles. The molecule has 0 saturated heterocycles. The summed E-state index contributed by atoms with van der Waals surface area (Å²) in [6.07, 6.45) is 3.41. The Balaban J connectivity index is 1.39. The number of amides is 2. The molecule has 9 heteroatoms. The lowest BCUT2D eigenvalue weighted by molar-refractivity contribution is -0.114. The minimum Gasteiger partial charge on any atom is -0.326 e. The first kappa shape index (κ1) is 21.0. The van der Waals surface area contributed by atoms with Crippen molar-refractivity contribution in [2.75, 3.05) is 10.6 Å². The third-order valence-corrected chi connectivity index (χ3v) is 5.07. The number of aromatic nitrogens is 5. The number of anilines is 2. The normalized spacial score (nSPS) is 10.7. The molecule has 5 rings (SSSR count). The Labute approximate surface area is 194 Å². The first-order valence-corrected chi connectivity index (χ1v) is 10.5. The Morgan fingerprint density at radius 3 is 2.41 bits per heavy atom. The summed E-state index contributed by atoms with van der Waals surface area (Å²) in [4.78, 5) is 28.0. The van der Waals surface area contributed by atoms with Crippen molar-refractivity contribution in [2.24, 2.45) is 0 Å². The SMILES string of the molecule is CC(=O)Nc1ccc(C(=O)Nc2cccc(-c3ccc4nnc(-c5cccnc5)n4n3)c2)cc1. The molecule has 3 aromatic heterocycles. The minimum atomic E-state index is -0.257. The molecule has 0 bridgehead atoms. The predicted molar refractivity (Wildman–Crippen MR) is 128 cm³/mol. The van der Waals surface area contributed by atoms with Crippen molar-refractivity contribution in [3.05, 3.63) is 90.8 Å². The summed E-state index contributed by atoms with van der Waals surface area (Å²) in [5.41, 5.74) is 4.70.